The topological polar surface area (TPSA) is 66.4 Å². The first-order chi connectivity index (χ1) is 10.3. The summed E-state index contributed by atoms with van der Waals surface area (Å²) in [5, 5.41) is 11.6. The zero-order valence-corrected chi connectivity index (χ0v) is 14.1. The van der Waals surface area contributed by atoms with Gasteiger partial charge in [-0.1, -0.05) is 25.1 Å². The number of carboxylic acid groups (broad SMARTS) is 1. The van der Waals surface area contributed by atoms with Gasteiger partial charge in [0.25, 0.3) is 0 Å². The minimum atomic E-state index is -1.07. The lowest BCUT2D eigenvalue weighted by Crippen LogP contribution is -2.43. The van der Waals surface area contributed by atoms with Crippen molar-refractivity contribution in [2.24, 2.45) is 5.92 Å². The summed E-state index contributed by atoms with van der Waals surface area (Å²) >= 11 is 3.10. The molecule has 120 valence electrons. The van der Waals surface area contributed by atoms with E-state index in [-0.39, 0.29) is 18.1 Å². The summed E-state index contributed by atoms with van der Waals surface area (Å²) in [7, 11) is 0. The van der Waals surface area contributed by atoms with Crippen LogP contribution < -0.4 is 5.32 Å². The van der Waals surface area contributed by atoms with Crippen LogP contribution in [0.1, 0.15) is 25.8 Å². The summed E-state index contributed by atoms with van der Waals surface area (Å²) in [4.78, 5) is 23.2. The molecule has 0 aromatic heterocycles. The molecule has 0 spiro atoms. The second-order valence-electron chi connectivity index (χ2n) is 5.06. The van der Waals surface area contributed by atoms with Crippen LogP contribution in [0, 0.1) is 11.7 Å². The molecule has 0 radical (unpaired) electrons. The van der Waals surface area contributed by atoms with Crippen LogP contribution >= 0.6 is 15.9 Å². The molecule has 0 bridgehead atoms. The highest BCUT2D eigenvalue weighted by molar-refractivity contribution is 9.10. The van der Waals surface area contributed by atoms with Crippen molar-refractivity contribution < 1.29 is 19.1 Å². The van der Waals surface area contributed by atoms with Crippen LogP contribution in [0.15, 0.2) is 34.8 Å². The fourth-order valence-electron chi connectivity index (χ4n) is 1.92. The third kappa shape index (κ3) is 5.60. The maximum absolute atomic E-state index is 13.2. The van der Waals surface area contributed by atoms with E-state index in [9.17, 15) is 14.0 Å². The summed E-state index contributed by atoms with van der Waals surface area (Å²) in [5.41, 5.74) is 0.802. The van der Waals surface area contributed by atoms with Crippen molar-refractivity contribution in [2.75, 3.05) is 0 Å². The standard InChI is InChI=1S/C16H19BrFNO3/c1-3-4-5-14(16(21)22)19-15(20)10(2)8-11-6-7-13(18)12(17)9-11/h3-4,6-7,9-10,14H,5,8H2,1-2H3,(H,19,20)(H,21,22)/b4-3+. The van der Waals surface area contributed by atoms with Crippen LogP contribution in [-0.4, -0.2) is 23.0 Å². The van der Waals surface area contributed by atoms with Crippen LogP contribution in [0.2, 0.25) is 0 Å². The Morgan fingerprint density at radius 2 is 2.14 bits per heavy atom. The van der Waals surface area contributed by atoms with Crippen molar-refractivity contribution in [1.29, 1.82) is 0 Å². The first-order valence-corrected chi connectivity index (χ1v) is 7.72. The number of halogens is 2. The van der Waals surface area contributed by atoms with E-state index in [4.69, 9.17) is 5.11 Å². The lowest BCUT2D eigenvalue weighted by Gasteiger charge is -2.17. The Labute approximate surface area is 137 Å². The molecule has 2 N–H and O–H groups in total. The molecule has 6 heteroatoms. The average Bonchev–Trinajstić information content (AvgIpc) is 2.46. The summed E-state index contributed by atoms with van der Waals surface area (Å²) in [6.45, 7) is 3.50. The highest BCUT2D eigenvalue weighted by Crippen LogP contribution is 2.19. The van der Waals surface area contributed by atoms with Crippen molar-refractivity contribution in [3.63, 3.8) is 0 Å². The molecule has 1 amide bonds. The first kappa shape index (κ1) is 18.4. The zero-order valence-electron chi connectivity index (χ0n) is 12.5. The number of hydrogen-bond acceptors (Lipinski definition) is 2. The fourth-order valence-corrected chi connectivity index (χ4v) is 2.35. The Morgan fingerprint density at radius 3 is 2.68 bits per heavy atom. The normalized spacial score (nSPS) is 13.8. The quantitative estimate of drug-likeness (QED) is 0.722. The Balaban J connectivity index is 2.67. The van der Waals surface area contributed by atoms with Gasteiger partial charge in [0.05, 0.1) is 4.47 Å². The van der Waals surface area contributed by atoms with E-state index in [1.807, 2.05) is 0 Å². The van der Waals surface area contributed by atoms with Gasteiger partial charge in [-0.05, 0) is 53.4 Å². The van der Waals surface area contributed by atoms with Gasteiger partial charge < -0.3 is 10.4 Å². The van der Waals surface area contributed by atoms with Gasteiger partial charge in [0.15, 0.2) is 0 Å². The van der Waals surface area contributed by atoms with Crippen LogP contribution in [0.4, 0.5) is 4.39 Å². The largest absolute Gasteiger partial charge is 0.480 e. The van der Waals surface area contributed by atoms with Gasteiger partial charge in [-0.25, -0.2) is 9.18 Å². The second-order valence-corrected chi connectivity index (χ2v) is 5.91. The Bertz CT molecular complexity index is 575. The maximum atomic E-state index is 13.2. The molecule has 22 heavy (non-hydrogen) atoms. The Morgan fingerprint density at radius 1 is 1.45 bits per heavy atom. The van der Waals surface area contributed by atoms with Gasteiger partial charge in [-0.2, -0.15) is 0 Å². The number of allylic oxidation sites excluding steroid dienone is 1. The van der Waals surface area contributed by atoms with Gasteiger partial charge in [0, 0.05) is 5.92 Å². The number of carbonyl (C=O) groups is 2. The molecule has 2 unspecified atom stereocenters. The van der Waals surface area contributed by atoms with Crippen LogP contribution in [0.5, 0.6) is 0 Å². The second kappa shape index (κ2) is 8.68. The average molecular weight is 372 g/mol. The lowest BCUT2D eigenvalue weighted by atomic mass is 9.99. The summed E-state index contributed by atoms with van der Waals surface area (Å²) < 4.78 is 13.5. The molecule has 1 aromatic rings. The van der Waals surface area contributed by atoms with Gasteiger partial charge in [0.1, 0.15) is 11.9 Å². The minimum absolute atomic E-state index is 0.242. The molecule has 0 saturated heterocycles. The predicted octanol–water partition coefficient (Wildman–Crippen LogP) is 3.30. The third-order valence-electron chi connectivity index (χ3n) is 3.20. The zero-order chi connectivity index (χ0) is 16.7. The number of carboxylic acids is 1. The van der Waals surface area contributed by atoms with Crippen molar-refractivity contribution >= 4 is 27.8 Å². The van der Waals surface area contributed by atoms with Crippen LogP contribution in [-0.2, 0) is 16.0 Å². The number of amides is 1. The van der Waals surface area contributed by atoms with E-state index in [2.05, 4.69) is 21.2 Å². The first-order valence-electron chi connectivity index (χ1n) is 6.93. The molecule has 2 atom stereocenters. The number of nitrogens with one attached hydrogen (secondary N) is 1. The monoisotopic (exact) mass is 371 g/mol. The van der Waals surface area contributed by atoms with Gasteiger partial charge in [-0.3, -0.25) is 4.79 Å². The number of carbonyl (C=O) groups excluding carboxylic acids is 1. The molecule has 0 fully saturated rings. The summed E-state index contributed by atoms with van der Waals surface area (Å²) in [6, 6.07) is 3.62. The molecule has 0 heterocycles. The van der Waals surface area contributed by atoms with E-state index < -0.39 is 17.9 Å². The molecular formula is C16H19BrFNO3. The van der Waals surface area contributed by atoms with Crippen molar-refractivity contribution in [3.05, 3.63) is 46.2 Å². The maximum Gasteiger partial charge on any atom is 0.326 e. The van der Waals surface area contributed by atoms with Crippen molar-refractivity contribution in [2.45, 2.75) is 32.7 Å². The van der Waals surface area contributed by atoms with Crippen molar-refractivity contribution in [1.82, 2.24) is 5.32 Å². The van der Waals surface area contributed by atoms with E-state index >= 15 is 0 Å². The van der Waals surface area contributed by atoms with E-state index in [1.165, 1.54) is 6.07 Å². The molecule has 1 aromatic carbocycles. The SMILES string of the molecule is C/C=C/CC(NC(=O)C(C)Cc1ccc(F)c(Br)c1)C(=O)O. The minimum Gasteiger partial charge on any atom is -0.480 e. The van der Waals surface area contributed by atoms with Gasteiger partial charge in [0.2, 0.25) is 5.91 Å². The van der Waals surface area contributed by atoms with E-state index in [0.29, 0.717) is 10.9 Å². The molecule has 4 nitrogen and oxygen atoms in total. The number of rotatable bonds is 7. The Hall–Kier alpha value is -1.69. The van der Waals surface area contributed by atoms with E-state index in [1.54, 1.807) is 38.1 Å². The fraction of sp³-hybridized carbons (Fsp3) is 0.375. The molecular weight excluding hydrogens is 353 g/mol. The lowest BCUT2D eigenvalue weighted by molar-refractivity contribution is -0.142. The third-order valence-corrected chi connectivity index (χ3v) is 3.80. The smallest absolute Gasteiger partial charge is 0.326 e. The molecule has 0 aliphatic carbocycles. The highest BCUT2D eigenvalue weighted by atomic mass is 79.9. The number of hydrogen-bond donors (Lipinski definition) is 2. The summed E-state index contributed by atoms with van der Waals surface area (Å²) in [6.07, 6.45) is 4.08. The molecule has 0 saturated carbocycles. The molecule has 0 aliphatic rings. The molecule has 0 aliphatic heterocycles. The predicted molar refractivity (Wildman–Crippen MR) is 86.0 cm³/mol. The van der Waals surface area contributed by atoms with E-state index in [0.717, 1.165) is 5.56 Å². The van der Waals surface area contributed by atoms with Crippen LogP contribution in [0.25, 0.3) is 0 Å². The van der Waals surface area contributed by atoms with Crippen LogP contribution in [0.3, 0.4) is 0 Å². The number of benzene rings is 1. The summed E-state index contributed by atoms with van der Waals surface area (Å²) in [5.74, 6) is -2.18. The molecule has 1 rings (SSSR count). The van der Waals surface area contributed by atoms with Gasteiger partial charge >= 0.3 is 5.97 Å². The highest BCUT2D eigenvalue weighted by Gasteiger charge is 2.22. The number of aliphatic carboxylic acids is 1. The Kier molecular flexibility index (Phi) is 7.24. The van der Waals surface area contributed by atoms with Crippen molar-refractivity contribution in [3.8, 4) is 0 Å². The van der Waals surface area contributed by atoms with Gasteiger partial charge in [-0.15, -0.1) is 0 Å².